The second-order valence-corrected chi connectivity index (χ2v) is 6.36. The van der Waals surface area contributed by atoms with Crippen molar-refractivity contribution in [3.05, 3.63) is 36.3 Å². The van der Waals surface area contributed by atoms with Gasteiger partial charge in [0.25, 0.3) is 0 Å². The number of rotatable bonds is 5. The summed E-state index contributed by atoms with van der Waals surface area (Å²) in [5.74, 6) is 0.781. The van der Waals surface area contributed by atoms with E-state index in [0.29, 0.717) is 0 Å². The summed E-state index contributed by atoms with van der Waals surface area (Å²) in [6, 6.07) is 3.62. The van der Waals surface area contributed by atoms with Gasteiger partial charge in [-0.2, -0.15) is 5.10 Å². The first kappa shape index (κ1) is 14.5. The molecule has 20 heavy (non-hydrogen) atoms. The molecule has 0 unspecified atom stereocenters. The summed E-state index contributed by atoms with van der Waals surface area (Å²) in [7, 11) is 1.90. The smallest absolute Gasteiger partial charge is 0.243 e. The third-order valence-electron chi connectivity index (χ3n) is 2.73. The Bertz CT molecular complexity index is 693. The van der Waals surface area contributed by atoms with Gasteiger partial charge in [-0.3, -0.25) is 4.68 Å². The summed E-state index contributed by atoms with van der Waals surface area (Å²) in [5.41, 5.74) is 0.844. The van der Waals surface area contributed by atoms with Gasteiger partial charge in [0.15, 0.2) is 0 Å². The van der Waals surface area contributed by atoms with Crippen LogP contribution >= 0.6 is 0 Å². The van der Waals surface area contributed by atoms with Crippen molar-refractivity contribution in [2.24, 2.45) is 7.05 Å². The lowest BCUT2D eigenvalue weighted by Crippen LogP contribution is -2.23. The number of hydrogen-bond acceptors (Lipinski definition) is 5. The molecule has 2 aromatic rings. The summed E-state index contributed by atoms with van der Waals surface area (Å²) in [6.45, 7) is 0.209. The molecule has 0 aliphatic carbocycles. The summed E-state index contributed by atoms with van der Waals surface area (Å²) >= 11 is 0. The Kier molecular flexibility index (Phi) is 4.05. The molecule has 0 atom stereocenters. The fourth-order valence-corrected chi connectivity index (χ4v) is 2.61. The van der Waals surface area contributed by atoms with Crippen molar-refractivity contribution in [3.8, 4) is 0 Å². The molecule has 0 amide bonds. The fourth-order valence-electron chi connectivity index (χ4n) is 1.61. The molecule has 1 N–H and O–H groups in total. The zero-order chi connectivity index (χ0) is 14.8. The number of sulfonamides is 1. The van der Waals surface area contributed by atoms with Crippen LogP contribution in [0.5, 0.6) is 0 Å². The maximum absolute atomic E-state index is 12.0. The van der Waals surface area contributed by atoms with E-state index in [1.165, 1.54) is 17.1 Å². The van der Waals surface area contributed by atoms with Gasteiger partial charge in [0.05, 0.1) is 6.20 Å². The van der Waals surface area contributed by atoms with Crippen molar-refractivity contribution in [1.82, 2.24) is 19.5 Å². The monoisotopic (exact) mass is 295 g/mol. The SMILES string of the molecule is CN(C)c1cc(CNS(=O)(=O)c2cnn(C)c2)ccn1. The van der Waals surface area contributed by atoms with Crippen molar-refractivity contribution in [2.45, 2.75) is 11.4 Å². The van der Waals surface area contributed by atoms with E-state index in [9.17, 15) is 8.42 Å². The topological polar surface area (TPSA) is 80.1 Å². The average Bonchev–Trinajstić information content (AvgIpc) is 2.84. The predicted octanol–water partition coefficient (Wildman–Crippen LogP) is 0.360. The lowest BCUT2D eigenvalue weighted by atomic mass is 10.2. The zero-order valence-corrected chi connectivity index (χ0v) is 12.4. The first-order valence-electron chi connectivity index (χ1n) is 5.99. The Morgan fingerprint density at radius 1 is 1.40 bits per heavy atom. The van der Waals surface area contributed by atoms with Crippen molar-refractivity contribution in [3.63, 3.8) is 0 Å². The Morgan fingerprint density at radius 3 is 2.75 bits per heavy atom. The Balaban J connectivity index is 2.10. The molecule has 0 radical (unpaired) electrons. The second kappa shape index (κ2) is 5.59. The lowest BCUT2D eigenvalue weighted by Gasteiger charge is -2.12. The number of hydrogen-bond donors (Lipinski definition) is 1. The van der Waals surface area contributed by atoms with Crippen LogP contribution in [0.3, 0.4) is 0 Å². The number of pyridine rings is 1. The second-order valence-electron chi connectivity index (χ2n) is 4.59. The van der Waals surface area contributed by atoms with Crippen LogP contribution in [0.4, 0.5) is 5.82 Å². The first-order valence-corrected chi connectivity index (χ1v) is 7.47. The van der Waals surface area contributed by atoms with Crippen LogP contribution in [0.25, 0.3) is 0 Å². The van der Waals surface area contributed by atoms with Gasteiger partial charge in [0.1, 0.15) is 10.7 Å². The Morgan fingerprint density at radius 2 is 2.15 bits per heavy atom. The van der Waals surface area contributed by atoms with E-state index in [1.807, 2.05) is 25.1 Å². The highest BCUT2D eigenvalue weighted by Crippen LogP contribution is 2.11. The van der Waals surface area contributed by atoms with E-state index in [0.717, 1.165) is 11.4 Å². The highest BCUT2D eigenvalue weighted by molar-refractivity contribution is 7.89. The molecule has 0 aromatic carbocycles. The Hall–Kier alpha value is -1.93. The van der Waals surface area contributed by atoms with Gasteiger partial charge in [-0.05, 0) is 17.7 Å². The molecule has 0 fully saturated rings. The molecule has 7 nitrogen and oxygen atoms in total. The van der Waals surface area contributed by atoms with Gasteiger partial charge in [-0.1, -0.05) is 0 Å². The van der Waals surface area contributed by atoms with Gasteiger partial charge >= 0.3 is 0 Å². The normalized spacial score (nSPS) is 11.6. The van der Waals surface area contributed by atoms with E-state index >= 15 is 0 Å². The fraction of sp³-hybridized carbons (Fsp3) is 0.333. The van der Waals surface area contributed by atoms with Crippen LogP contribution in [0.2, 0.25) is 0 Å². The maximum atomic E-state index is 12.0. The predicted molar refractivity (Wildman–Crippen MR) is 75.8 cm³/mol. The van der Waals surface area contributed by atoms with E-state index < -0.39 is 10.0 Å². The van der Waals surface area contributed by atoms with Crippen molar-refractivity contribution in [1.29, 1.82) is 0 Å². The molecule has 0 saturated heterocycles. The van der Waals surface area contributed by atoms with Crippen LogP contribution in [-0.4, -0.2) is 37.3 Å². The molecule has 2 rings (SSSR count). The third kappa shape index (κ3) is 3.34. The van der Waals surface area contributed by atoms with Crippen molar-refractivity contribution in [2.75, 3.05) is 19.0 Å². The number of anilines is 1. The molecule has 0 aliphatic rings. The van der Waals surface area contributed by atoms with Crippen molar-refractivity contribution < 1.29 is 8.42 Å². The number of nitrogens with zero attached hydrogens (tertiary/aromatic N) is 4. The van der Waals surface area contributed by atoms with Crippen molar-refractivity contribution >= 4 is 15.8 Å². The third-order valence-corrected chi connectivity index (χ3v) is 4.08. The molecule has 2 heterocycles. The summed E-state index contributed by atoms with van der Waals surface area (Å²) in [5, 5.41) is 3.86. The molecule has 2 aromatic heterocycles. The highest BCUT2D eigenvalue weighted by atomic mass is 32.2. The minimum absolute atomic E-state index is 0.155. The largest absolute Gasteiger partial charge is 0.363 e. The zero-order valence-electron chi connectivity index (χ0n) is 11.6. The average molecular weight is 295 g/mol. The number of nitrogens with one attached hydrogen (secondary N) is 1. The van der Waals surface area contributed by atoms with E-state index in [1.54, 1.807) is 19.3 Å². The van der Waals surface area contributed by atoms with Crippen LogP contribution in [0.15, 0.2) is 35.6 Å². The molecule has 108 valence electrons. The van der Waals surface area contributed by atoms with Gasteiger partial charge in [-0.15, -0.1) is 0 Å². The first-order chi connectivity index (χ1) is 9.38. The minimum atomic E-state index is -3.54. The quantitative estimate of drug-likeness (QED) is 0.861. The molecule has 0 aliphatic heterocycles. The van der Waals surface area contributed by atoms with Gasteiger partial charge in [0.2, 0.25) is 10.0 Å². The lowest BCUT2D eigenvalue weighted by molar-refractivity contribution is 0.581. The summed E-state index contributed by atoms with van der Waals surface area (Å²) in [4.78, 5) is 6.19. The van der Waals surface area contributed by atoms with Crippen LogP contribution < -0.4 is 9.62 Å². The minimum Gasteiger partial charge on any atom is -0.363 e. The number of aryl methyl sites for hydroxylation is 1. The van der Waals surface area contributed by atoms with Crippen LogP contribution in [0, 0.1) is 0 Å². The molecule has 0 saturated carbocycles. The highest BCUT2D eigenvalue weighted by Gasteiger charge is 2.15. The molecule has 8 heteroatoms. The number of aromatic nitrogens is 3. The Labute approximate surface area is 118 Å². The molecular formula is C12H17N5O2S. The molecule has 0 spiro atoms. The van der Waals surface area contributed by atoms with Gasteiger partial charge < -0.3 is 4.90 Å². The van der Waals surface area contributed by atoms with E-state index in [4.69, 9.17) is 0 Å². The van der Waals surface area contributed by atoms with Gasteiger partial charge in [0, 0.05) is 40.1 Å². The van der Waals surface area contributed by atoms with Crippen LogP contribution in [-0.2, 0) is 23.6 Å². The summed E-state index contributed by atoms with van der Waals surface area (Å²) in [6.07, 6.45) is 4.43. The van der Waals surface area contributed by atoms with Gasteiger partial charge in [-0.25, -0.2) is 18.1 Å². The summed E-state index contributed by atoms with van der Waals surface area (Å²) < 4.78 is 28.1. The standard InChI is InChI=1S/C12H17N5O2S/c1-16(2)12-6-10(4-5-13-12)7-15-20(18,19)11-8-14-17(3)9-11/h4-6,8-9,15H,7H2,1-3H3. The van der Waals surface area contributed by atoms with Crippen LogP contribution in [0.1, 0.15) is 5.56 Å². The molecule has 0 bridgehead atoms. The maximum Gasteiger partial charge on any atom is 0.243 e. The van der Waals surface area contributed by atoms with E-state index in [2.05, 4.69) is 14.8 Å². The van der Waals surface area contributed by atoms with E-state index in [-0.39, 0.29) is 11.4 Å². The molecular weight excluding hydrogens is 278 g/mol.